The van der Waals surface area contributed by atoms with E-state index in [2.05, 4.69) is 15.1 Å². The van der Waals surface area contributed by atoms with Gasteiger partial charge < -0.3 is 9.72 Å². The Bertz CT molecular complexity index is 1130. The molecule has 29 heavy (non-hydrogen) atoms. The predicted octanol–water partition coefficient (Wildman–Crippen LogP) is 3.85. The maximum Gasteiger partial charge on any atom is 0.155 e. The molecule has 0 aromatic carbocycles. The van der Waals surface area contributed by atoms with Gasteiger partial charge in [-0.1, -0.05) is 6.07 Å². The van der Waals surface area contributed by atoms with Crippen LogP contribution in [0, 0.1) is 12.8 Å². The van der Waals surface area contributed by atoms with E-state index < -0.39 is 0 Å². The maximum atomic E-state index is 5.63. The van der Waals surface area contributed by atoms with Crippen LogP contribution in [0.5, 0.6) is 0 Å². The summed E-state index contributed by atoms with van der Waals surface area (Å²) in [4.78, 5) is 17.5. The Morgan fingerprint density at radius 3 is 3.03 bits per heavy atom. The van der Waals surface area contributed by atoms with Crippen LogP contribution in [0.2, 0.25) is 0 Å². The average Bonchev–Trinajstić information content (AvgIpc) is 3.39. The summed E-state index contributed by atoms with van der Waals surface area (Å²) in [5, 5.41) is 4.26. The van der Waals surface area contributed by atoms with Crippen molar-refractivity contribution in [2.75, 3.05) is 13.2 Å². The minimum Gasteiger partial charge on any atom is -0.381 e. The fourth-order valence-electron chi connectivity index (χ4n) is 3.95. The van der Waals surface area contributed by atoms with Crippen molar-refractivity contribution in [2.24, 2.45) is 5.92 Å². The second-order valence-corrected chi connectivity index (χ2v) is 7.67. The lowest BCUT2D eigenvalue weighted by Crippen LogP contribution is -2.17. The fraction of sp³-hybridized carbons (Fsp3) is 0.364. The Balaban J connectivity index is 1.51. The first-order valence-electron chi connectivity index (χ1n) is 10.2. The first-order valence-corrected chi connectivity index (χ1v) is 10.2. The third kappa shape index (κ3) is 3.78. The number of fused-ring (bicyclic) bond motifs is 1. The number of imidazole rings is 1. The molecule has 1 aliphatic heterocycles. The summed E-state index contributed by atoms with van der Waals surface area (Å²) >= 11 is 0. The number of hydrogen-bond donors (Lipinski definition) is 1. The van der Waals surface area contributed by atoms with Crippen LogP contribution in [-0.2, 0) is 11.2 Å². The van der Waals surface area contributed by atoms with Crippen LogP contribution in [0.25, 0.3) is 28.3 Å². The van der Waals surface area contributed by atoms with Crippen LogP contribution in [-0.4, -0.2) is 42.8 Å². The van der Waals surface area contributed by atoms with E-state index in [0.29, 0.717) is 5.92 Å². The first kappa shape index (κ1) is 18.0. The molecule has 4 aromatic rings. The van der Waals surface area contributed by atoms with E-state index in [-0.39, 0.29) is 0 Å². The third-order valence-electron chi connectivity index (χ3n) is 5.49. The van der Waals surface area contributed by atoms with E-state index in [9.17, 15) is 0 Å². The van der Waals surface area contributed by atoms with Gasteiger partial charge in [-0.25, -0.2) is 14.5 Å². The fourth-order valence-corrected chi connectivity index (χ4v) is 3.95. The number of aromatic nitrogens is 6. The number of nitrogens with one attached hydrogen (secondary N) is 1. The number of H-pyrrole nitrogens is 1. The van der Waals surface area contributed by atoms with E-state index in [0.717, 1.165) is 72.3 Å². The number of pyridine rings is 2. The molecule has 1 saturated heterocycles. The molecule has 0 spiro atoms. The Kier molecular flexibility index (Phi) is 4.81. The van der Waals surface area contributed by atoms with Gasteiger partial charge in [-0.3, -0.25) is 4.98 Å². The standard InChI is InChI=1S/C22H24N6O/c1-15-4-2-6-18(25-15)22-21(17-8-10-20-23-14-24-28(20)12-17)26-19(27-22)9-7-16-5-3-11-29-13-16/h2,4,6,8,10,12,14,16H,3,5,7,9,11,13H2,1H3,(H,26,27). The highest BCUT2D eigenvalue weighted by molar-refractivity contribution is 5.77. The molecule has 1 unspecified atom stereocenters. The molecule has 5 heterocycles. The van der Waals surface area contributed by atoms with Gasteiger partial charge in [0.15, 0.2) is 5.65 Å². The lowest BCUT2D eigenvalue weighted by molar-refractivity contribution is 0.0517. The first-order chi connectivity index (χ1) is 14.3. The normalized spacial score (nSPS) is 17.1. The number of nitrogens with zero attached hydrogens (tertiary/aromatic N) is 5. The van der Waals surface area contributed by atoms with Crippen molar-refractivity contribution in [1.29, 1.82) is 0 Å². The van der Waals surface area contributed by atoms with Crippen molar-refractivity contribution in [1.82, 2.24) is 29.5 Å². The lowest BCUT2D eigenvalue weighted by atomic mass is 9.97. The highest BCUT2D eigenvalue weighted by Gasteiger charge is 2.19. The number of rotatable bonds is 5. The van der Waals surface area contributed by atoms with E-state index in [1.54, 1.807) is 10.8 Å². The summed E-state index contributed by atoms with van der Waals surface area (Å²) in [7, 11) is 0. The van der Waals surface area contributed by atoms with Crippen molar-refractivity contribution >= 4 is 5.65 Å². The minimum absolute atomic E-state index is 0.615. The zero-order valence-corrected chi connectivity index (χ0v) is 16.5. The van der Waals surface area contributed by atoms with Crippen molar-refractivity contribution in [3.05, 3.63) is 54.4 Å². The Labute approximate surface area is 169 Å². The molecule has 7 nitrogen and oxygen atoms in total. The largest absolute Gasteiger partial charge is 0.381 e. The van der Waals surface area contributed by atoms with Crippen LogP contribution >= 0.6 is 0 Å². The van der Waals surface area contributed by atoms with Crippen molar-refractivity contribution in [3.63, 3.8) is 0 Å². The molecule has 4 aromatic heterocycles. The molecular weight excluding hydrogens is 364 g/mol. The molecule has 7 heteroatoms. The van der Waals surface area contributed by atoms with Gasteiger partial charge in [-0.05, 0) is 56.4 Å². The highest BCUT2D eigenvalue weighted by Crippen LogP contribution is 2.30. The molecule has 1 atom stereocenters. The maximum absolute atomic E-state index is 5.63. The van der Waals surface area contributed by atoms with E-state index in [1.807, 2.05) is 43.5 Å². The molecular formula is C22H24N6O. The number of hydrogen-bond acceptors (Lipinski definition) is 5. The zero-order chi connectivity index (χ0) is 19.6. The van der Waals surface area contributed by atoms with Gasteiger partial charge in [-0.15, -0.1) is 0 Å². The Hall–Kier alpha value is -3.06. The number of ether oxygens (including phenoxy) is 1. The SMILES string of the molecule is Cc1cccc(-c2[nH]c(CCC3CCCOC3)nc2-c2ccc3ncnn3c2)n1. The molecule has 1 fully saturated rings. The topological polar surface area (TPSA) is 81.0 Å². The number of aromatic amines is 1. The second kappa shape index (κ2) is 7.75. The highest BCUT2D eigenvalue weighted by atomic mass is 16.5. The second-order valence-electron chi connectivity index (χ2n) is 7.67. The summed E-state index contributed by atoms with van der Waals surface area (Å²) in [5.41, 5.74) is 5.54. The Morgan fingerprint density at radius 1 is 1.21 bits per heavy atom. The van der Waals surface area contributed by atoms with Crippen molar-refractivity contribution in [2.45, 2.75) is 32.6 Å². The summed E-state index contributed by atoms with van der Waals surface area (Å²) in [6.07, 6.45) is 7.91. The van der Waals surface area contributed by atoms with Crippen LogP contribution in [0.4, 0.5) is 0 Å². The van der Waals surface area contributed by atoms with Crippen LogP contribution < -0.4 is 0 Å². The van der Waals surface area contributed by atoms with E-state index in [1.165, 1.54) is 6.42 Å². The number of aryl methyl sites for hydroxylation is 2. The van der Waals surface area contributed by atoms with Gasteiger partial charge in [0, 0.05) is 37.1 Å². The molecule has 5 rings (SSSR count). The Morgan fingerprint density at radius 2 is 2.17 bits per heavy atom. The molecule has 0 amide bonds. The summed E-state index contributed by atoms with van der Waals surface area (Å²) in [5.74, 6) is 1.60. The quantitative estimate of drug-likeness (QED) is 0.562. The molecule has 0 bridgehead atoms. The lowest BCUT2D eigenvalue weighted by Gasteiger charge is -2.21. The van der Waals surface area contributed by atoms with Gasteiger partial charge in [0.2, 0.25) is 0 Å². The molecule has 148 valence electrons. The van der Waals surface area contributed by atoms with Gasteiger partial charge in [0.1, 0.15) is 12.2 Å². The molecule has 0 saturated carbocycles. The molecule has 0 radical (unpaired) electrons. The van der Waals surface area contributed by atoms with Crippen molar-refractivity contribution < 1.29 is 4.74 Å². The van der Waals surface area contributed by atoms with E-state index >= 15 is 0 Å². The van der Waals surface area contributed by atoms with Crippen molar-refractivity contribution in [3.8, 4) is 22.6 Å². The van der Waals surface area contributed by atoms with Gasteiger partial charge in [0.05, 0.1) is 17.1 Å². The molecule has 1 aliphatic rings. The average molecular weight is 388 g/mol. The molecule has 1 N–H and O–H groups in total. The smallest absolute Gasteiger partial charge is 0.155 e. The summed E-state index contributed by atoms with van der Waals surface area (Å²) in [6, 6.07) is 10.1. The zero-order valence-electron chi connectivity index (χ0n) is 16.5. The summed E-state index contributed by atoms with van der Waals surface area (Å²) in [6.45, 7) is 3.77. The van der Waals surface area contributed by atoms with Crippen LogP contribution in [0.1, 0.15) is 30.8 Å². The summed E-state index contributed by atoms with van der Waals surface area (Å²) < 4.78 is 7.40. The molecule has 0 aliphatic carbocycles. The van der Waals surface area contributed by atoms with E-state index in [4.69, 9.17) is 14.7 Å². The van der Waals surface area contributed by atoms with Gasteiger partial charge >= 0.3 is 0 Å². The monoisotopic (exact) mass is 388 g/mol. The van der Waals surface area contributed by atoms with Gasteiger partial charge in [-0.2, -0.15) is 5.10 Å². The minimum atomic E-state index is 0.615. The van der Waals surface area contributed by atoms with Crippen LogP contribution in [0.15, 0.2) is 42.9 Å². The van der Waals surface area contributed by atoms with Crippen LogP contribution in [0.3, 0.4) is 0 Å². The van der Waals surface area contributed by atoms with Gasteiger partial charge in [0.25, 0.3) is 0 Å². The predicted molar refractivity (Wildman–Crippen MR) is 110 cm³/mol. The third-order valence-corrected chi connectivity index (χ3v) is 5.49.